The summed E-state index contributed by atoms with van der Waals surface area (Å²) in [6, 6.07) is 7.11. The summed E-state index contributed by atoms with van der Waals surface area (Å²) >= 11 is 9.99. The van der Waals surface area contributed by atoms with Gasteiger partial charge >= 0.3 is 0 Å². The average Bonchev–Trinajstić information content (AvgIpc) is 3.07. The van der Waals surface area contributed by atoms with E-state index in [0.29, 0.717) is 17.5 Å². The molecule has 2 heterocycles. The maximum Gasteiger partial charge on any atom is 0.221 e. The molecule has 0 bridgehead atoms. The van der Waals surface area contributed by atoms with E-state index < -0.39 is 0 Å². The van der Waals surface area contributed by atoms with Crippen LogP contribution < -0.4 is 10.7 Å². The minimum Gasteiger partial charge on any atom is -0.757 e. The zero-order valence-electron chi connectivity index (χ0n) is 14.7. The summed E-state index contributed by atoms with van der Waals surface area (Å²) < 4.78 is 1.42. The third-order valence-electron chi connectivity index (χ3n) is 3.69. The zero-order chi connectivity index (χ0) is 18.6. The Hall–Kier alpha value is -1.05. The number of nitrogens with zero attached hydrogens (tertiary/aromatic N) is 6. The molecule has 0 spiro atoms. The molecular weight excluding hydrogens is 557 g/mol. The summed E-state index contributed by atoms with van der Waals surface area (Å²) in [5.41, 5.74) is 4.54. The van der Waals surface area contributed by atoms with Crippen LogP contribution in [0, 0.1) is 0 Å². The second kappa shape index (κ2) is 10.3. The largest absolute Gasteiger partial charge is 0.757 e. The van der Waals surface area contributed by atoms with Crippen molar-refractivity contribution in [1.29, 1.82) is 0 Å². The van der Waals surface area contributed by atoms with Crippen molar-refractivity contribution >= 4 is 36.9 Å². The van der Waals surface area contributed by atoms with Gasteiger partial charge in [0.1, 0.15) is 0 Å². The number of amides is 1. The first kappa shape index (κ1) is 23.0. The number of carbonyl (C=O) groups excluding carboxylic acids is 1. The molecule has 0 saturated carbocycles. The maximum atomic E-state index is 10.9. The monoisotopic (exact) mass is 577 g/mol. The van der Waals surface area contributed by atoms with E-state index in [-0.39, 0.29) is 38.9 Å². The number of hydrogen-bond donors (Lipinski definition) is 2. The number of tetrazole rings is 1. The van der Waals surface area contributed by atoms with Crippen molar-refractivity contribution in [2.45, 2.75) is 30.7 Å². The van der Waals surface area contributed by atoms with Crippen LogP contribution in [0.2, 0.25) is 0 Å². The van der Waals surface area contributed by atoms with Crippen molar-refractivity contribution in [2.75, 3.05) is 19.4 Å². The molecule has 1 aromatic heterocycles. The summed E-state index contributed by atoms with van der Waals surface area (Å²) in [4.78, 5) is 13.0. The van der Waals surface area contributed by atoms with Gasteiger partial charge in [-0.25, -0.2) is 9.69 Å². The molecule has 1 aliphatic rings. The van der Waals surface area contributed by atoms with Gasteiger partial charge in [0, 0.05) is 47.2 Å². The van der Waals surface area contributed by atoms with Gasteiger partial charge in [-0.3, -0.25) is 15.1 Å². The van der Waals surface area contributed by atoms with E-state index in [1.807, 2.05) is 19.1 Å². The Bertz CT molecular complexity index is 718. The molecule has 3 rings (SSSR count). The van der Waals surface area contributed by atoms with Gasteiger partial charge < -0.3 is 30.6 Å². The first-order valence-electron chi connectivity index (χ1n) is 7.49. The van der Waals surface area contributed by atoms with Crippen LogP contribution in [-0.4, -0.2) is 61.8 Å². The average molecular weight is 577 g/mol. The number of aromatic nitrogens is 4. The van der Waals surface area contributed by atoms with E-state index in [0.717, 1.165) is 0 Å². The molecule has 0 aliphatic carbocycles. The molecule has 1 aromatic carbocycles. The first-order chi connectivity index (χ1) is 11.8. The van der Waals surface area contributed by atoms with E-state index in [1.165, 1.54) is 11.6 Å². The second-order valence-corrected chi connectivity index (χ2v) is 6.31. The third-order valence-corrected chi connectivity index (χ3v) is 4.38. The van der Waals surface area contributed by atoms with Crippen molar-refractivity contribution in [3.63, 3.8) is 0 Å². The predicted octanol–water partition coefficient (Wildman–Crippen LogP) is 0.0687. The van der Waals surface area contributed by atoms with Crippen molar-refractivity contribution in [3.8, 4) is 5.69 Å². The van der Waals surface area contributed by atoms with E-state index >= 15 is 0 Å². The van der Waals surface area contributed by atoms with E-state index in [9.17, 15) is 4.79 Å². The van der Waals surface area contributed by atoms with Gasteiger partial charge in [-0.15, -0.1) is 5.10 Å². The molecule has 1 saturated heterocycles. The molecule has 9 nitrogen and oxygen atoms in total. The van der Waals surface area contributed by atoms with Gasteiger partial charge in [0.2, 0.25) is 5.91 Å². The van der Waals surface area contributed by atoms with Crippen LogP contribution in [-0.2, 0) is 52.4 Å². The summed E-state index contributed by atoms with van der Waals surface area (Å²) in [6.45, 7) is 3.56. The van der Waals surface area contributed by atoms with Gasteiger partial charge in [-0.2, -0.15) is 0 Å². The Kier molecular flexibility index (Phi) is 9.13. The number of nitrogens with one attached hydrogen (secondary N) is 2. The fourth-order valence-electron chi connectivity index (χ4n) is 2.10. The molecule has 12 heteroatoms. The summed E-state index contributed by atoms with van der Waals surface area (Å²) in [6.07, 6.45) is 0.410. The SMILES string of the molecule is CC(=O)Nc1cccc(-n2nnnc2[S-])c1.CC1N(C)NC([S-])N1C.[Au]. The Balaban J connectivity index is 0.000000290. The van der Waals surface area contributed by atoms with Gasteiger partial charge in [0.05, 0.1) is 11.9 Å². The van der Waals surface area contributed by atoms with Gasteiger partial charge in [-0.05, 0) is 48.1 Å². The van der Waals surface area contributed by atoms with Crippen molar-refractivity contribution < 1.29 is 27.2 Å². The summed E-state index contributed by atoms with van der Waals surface area (Å²) in [5.74, 6) is -0.132. The molecular formula is C14H20AuN8OS2-2. The molecule has 2 aromatic rings. The van der Waals surface area contributed by atoms with Crippen LogP contribution in [0.4, 0.5) is 5.69 Å². The second-order valence-electron chi connectivity index (χ2n) is 5.49. The molecule has 1 amide bonds. The molecule has 2 N–H and O–H groups in total. The zero-order valence-corrected chi connectivity index (χ0v) is 18.5. The van der Waals surface area contributed by atoms with Crippen molar-refractivity contribution in [2.24, 2.45) is 0 Å². The van der Waals surface area contributed by atoms with Crippen molar-refractivity contribution in [1.82, 2.24) is 35.5 Å². The minimum absolute atomic E-state index is 0. The standard InChI is InChI=1S/C9H9N5OS.C5H13N3S.Au/c1-6(15)10-7-3-2-4-8(5-7)14-9(16)11-12-13-14;1-4-7(2)5(9)6-8(4)3;/h2-5H,1H3,(H,10,15)(H,11,13,16);4-6,9H,1-3H3;/p-2. The quantitative estimate of drug-likeness (QED) is 0.380. The third kappa shape index (κ3) is 5.99. The number of hydrazine groups is 1. The first-order valence-corrected chi connectivity index (χ1v) is 8.37. The smallest absolute Gasteiger partial charge is 0.221 e. The number of carbonyl (C=O) groups is 1. The van der Waals surface area contributed by atoms with Crippen LogP contribution in [0.15, 0.2) is 29.4 Å². The molecule has 2 unspecified atom stereocenters. The van der Waals surface area contributed by atoms with Crippen LogP contribution >= 0.6 is 0 Å². The Labute approximate surface area is 179 Å². The summed E-state index contributed by atoms with van der Waals surface area (Å²) in [5, 5.41) is 15.8. The molecule has 1 aliphatic heterocycles. The number of anilines is 1. The number of rotatable bonds is 2. The van der Waals surface area contributed by atoms with Crippen LogP contribution in [0.1, 0.15) is 13.8 Å². The van der Waals surface area contributed by atoms with Gasteiger partial charge in [-0.1, -0.05) is 6.07 Å². The Morgan fingerprint density at radius 1 is 1.35 bits per heavy atom. The number of benzene rings is 1. The number of hydrogen-bond acceptors (Lipinski definition) is 9. The van der Waals surface area contributed by atoms with Crippen molar-refractivity contribution in [3.05, 3.63) is 24.3 Å². The van der Waals surface area contributed by atoms with Crippen LogP contribution in [0.5, 0.6) is 0 Å². The summed E-state index contributed by atoms with van der Waals surface area (Å²) in [7, 11) is 4.01. The topological polar surface area (TPSA) is 91.2 Å². The van der Waals surface area contributed by atoms with Gasteiger partial charge in [0.15, 0.2) is 0 Å². The minimum atomic E-state index is -0.132. The molecule has 26 heavy (non-hydrogen) atoms. The Morgan fingerprint density at radius 3 is 2.46 bits per heavy atom. The maximum absolute atomic E-state index is 10.9. The molecule has 1 fully saturated rings. The predicted molar refractivity (Wildman–Crippen MR) is 98.4 cm³/mol. The van der Waals surface area contributed by atoms with Gasteiger partial charge in [0.25, 0.3) is 0 Å². The molecule has 1 radical (unpaired) electrons. The van der Waals surface area contributed by atoms with Crippen LogP contribution in [0.25, 0.3) is 5.69 Å². The molecule has 147 valence electrons. The van der Waals surface area contributed by atoms with E-state index in [1.54, 1.807) is 24.3 Å². The fourth-order valence-corrected chi connectivity index (χ4v) is 2.62. The van der Waals surface area contributed by atoms with E-state index in [4.69, 9.17) is 25.3 Å². The Morgan fingerprint density at radius 2 is 2.04 bits per heavy atom. The van der Waals surface area contributed by atoms with E-state index in [2.05, 4.69) is 38.1 Å². The fraction of sp³-hybridized carbons (Fsp3) is 0.429. The normalized spacial score (nSPS) is 20.0. The molecule has 2 atom stereocenters. The van der Waals surface area contributed by atoms with Crippen LogP contribution in [0.3, 0.4) is 0 Å².